The molecule has 0 aromatic heterocycles. The fourth-order valence-corrected chi connectivity index (χ4v) is 2.59. The number of nitrogens with one attached hydrogen (secondary N) is 4. The van der Waals surface area contributed by atoms with Gasteiger partial charge in [0.2, 0.25) is 17.7 Å². The molecule has 1 aliphatic heterocycles. The highest BCUT2D eigenvalue weighted by molar-refractivity contribution is 5.92. The lowest BCUT2D eigenvalue weighted by atomic mass is 10.1. The summed E-state index contributed by atoms with van der Waals surface area (Å²) in [5, 5.41) is 19.3. The van der Waals surface area contributed by atoms with Crippen LogP contribution < -0.4 is 32.7 Å². The van der Waals surface area contributed by atoms with E-state index in [0.29, 0.717) is 12.8 Å². The number of hydrogen-bond acceptors (Lipinski definition) is 6. The predicted molar refractivity (Wildman–Crippen MR) is 101 cm³/mol. The number of aliphatic carboxylic acids is 1. The highest BCUT2D eigenvalue weighted by Gasteiger charge is 2.25. The molecule has 3 unspecified atom stereocenters. The quantitative estimate of drug-likeness (QED) is 0.108. The van der Waals surface area contributed by atoms with Gasteiger partial charge in [0, 0.05) is 6.54 Å². The van der Waals surface area contributed by atoms with Crippen molar-refractivity contribution in [3.63, 3.8) is 0 Å². The second kappa shape index (κ2) is 11.7. The summed E-state index contributed by atoms with van der Waals surface area (Å²) in [6.07, 6.45) is 2.18. The Morgan fingerprint density at radius 3 is 2.54 bits per heavy atom. The first-order valence-corrected chi connectivity index (χ1v) is 9.09. The van der Waals surface area contributed by atoms with E-state index in [9.17, 15) is 19.2 Å². The van der Waals surface area contributed by atoms with Gasteiger partial charge in [-0.25, -0.2) is 0 Å². The van der Waals surface area contributed by atoms with Gasteiger partial charge in [-0.2, -0.15) is 0 Å². The minimum Gasteiger partial charge on any atom is -0.480 e. The van der Waals surface area contributed by atoms with Crippen molar-refractivity contribution in [3.05, 3.63) is 0 Å². The van der Waals surface area contributed by atoms with Crippen molar-refractivity contribution in [1.29, 1.82) is 0 Å². The molecule has 0 bridgehead atoms. The molecular weight excluding hydrogens is 370 g/mol. The molecule has 12 nitrogen and oxygen atoms in total. The molecule has 1 aliphatic rings. The number of aliphatic imine (C=N–C) groups is 1. The van der Waals surface area contributed by atoms with E-state index < -0.39 is 29.9 Å². The number of guanidine groups is 1. The first-order chi connectivity index (χ1) is 13.2. The van der Waals surface area contributed by atoms with E-state index in [1.807, 2.05) is 0 Å². The molecule has 12 heteroatoms. The highest BCUT2D eigenvalue weighted by Crippen LogP contribution is 2.04. The number of nitrogens with zero attached hydrogens (tertiary/aromatic N) is 1. The van der Waals surface area contributed by atoms with Crippen molar-refractivity contribution in [1.82, 2.24) is 21.3 Å². The Balaban J connectivity index is 2.56. The minimum absolute atomic E-state index is 0.0900. The first kappa shape index (κ1) is 23.1. The second-order valence-corrected chi connectivity index (χ2v) is 6.50. The lowest BCUT2D eigenvalue weighted by Crippen LogP contribution is -2.53. The predicted octanol–water partition coefficient (Wildman–Crippen LogP) is -3.02. The highest BCUT2D eigenvalue weighted by atomic mass is 16.4. The lowest BCUT2D eigenvalue weighted by Gasteiger charge is -2.20. The summed E-state index contributed by atoms with van der Waals surface area (Å²) in [6.45, 7) is 2.03. The average Bonchev–Trinajstić information content (AvgIpc) is 3.16. The van der Waals surface area contributed by atoms with E-state index in [2.05, 4.69) is 26.3 Å². The zero-order valence-corrected chi connectivity index (χ0v) is 15.9. The number of hydrogen-bond donors (Lipinski definition) is 7. The Morgan fingerprint density at radius 2 is 1.96 bits per heavy atom. The van der Waals surface area contributed by atoms with E-state index >= 15 is 0 Å². The molecule has 0 aromatic carbocycles. The summed E-state index contributed by atoms with van der Waals surface area (Å²) in [6, 6.07) is -2.41. The maximum Gasteiger partial charge on any atom is 0.325 e. The van der Waals surface area contributed by atoms with Crippen LogP contribution in [0.5, 0.6) is 0 Å². The molecule has 0 spiro atoms. The molecule has 28 heavy (non-hydrogen) atoms. The number of carboxylic acids is 1. The van der Waals surface area contributed by atoms with Crippen molar-refractivity contribution in [2.24, 2.45) is 16.5 Å². The van der Waals surface area contributed by atoms with E-state index in [0.717, 1.165) is 13.0 Å². The third-order valence-corrected chi connectivity index (χ3v) is 4.13. The maximum absolute atomic E-state index is 12.3. The van der Waals surface area contributed by atoms with Gasteiger partial charge in [-0.3, -0.25) is 24.2 Å². The summed E-state index contributed by atoms with van der Waals surface area (Å²) < 4.78 is 0. The molecular formula is C16H29N7O5. The molecule has 0 aliphatic carbocycles. The smallest absolute Gasteiger partial charge is 0.325 e. The topological polar surface area (TPSA) is 201 Å². The molecule has 3 amide bonds. The van der Waals surface area contributed by atoms with Crippen molar-refractivity contribution in [2.45, 2.75) is 50.7 Å². The van der Waals surface area contributed by atoms with Gasteiger partial charge in [-0.1, -0.05) is 0 Å². The van der Waals surface area contributed by atoms with Gasteiger partial charge >= 0.3 is 5.97 Å². The summed E-state index contributed by atoms with van der Waals surface area (Å²) >= 11 is 0. The van der Waals surface area contributed by atoms with Crippen LogP contribution >= 0.6 is 0 Å². The van der Waals surface area contributed by atoms with Crippen LogP contribution in [0, 0.1) is 0 Å². The Bertz CT molecular complexity index is 600. The largest absolute Gasteiger partial charge is 0.480 e. The van der Waals surface area contributed by atoms with E-state index in [1.165, 1.54) is 6.92 Å². The summed E-state index contributed by atoms with van der Waals surface area (Å²) in [5.41, 5.74) is 10.5. The van der Waals surface area contributed by atoms with Crippen molar-refractivity contribution in [3.8, 4) is 0 Å². The van der Waals surface area contributed by atoms with Crippen LogP contribution in [-0.2, 0) is 19.2 Å². The molecule has 0 aromatic rings. The second-order valence-electron chi connectivity index (χ2n) is 6.50. The maximum atomic E-state index is 12.3. The third-order valence-electron chi connectivity index (χ3n) is 4.13. The number of nitrogens with two attached hydrogens (primary N) is 2. The average molecular weight is 399 g/mol. The van der Waals surface area contributed by atoms with Crippen LogP contribution in [0.25, 0.3) is 0 Å². The van der Waals surface area contributed by atoms with Crippen LogP contribution in [0.2, 0.25) is 0 Å². The van der Waals surface area contributed by atoms with Crippen LogP contribution in [0.1, 0.15) is 32.6 Å². The Labute approximate surface area is 162 Å². The van der Waals surface area contributed by atoms with E-state index in [4.69, 9.17) is 16.6 Å². The number of carbonyl (C=O) groups is 4. The van der Waals surface area contributed by atoms with Gasteiger partial charge in [-0.05, 0) is 39.2 Å². The number of amides is 3. The zero-order valence-electron chi connectivity index (χ0n) is 15.9. The Morgan fingerprint density at radius 1 is 1.25 bits per heavy atom. The van der Waals surface area contributed by atoms with Crippen molar-refractivity contribution < 1.29 is 24.3 Å². The van der Waals surface area contributed by atoms with Gasteiger partial charge in [-0.15, -0.1) is 0 Å². The fraction of sp³-hybridized carbons (Fsp3) is 0.688. The molecule has 1 heterocycles. The van der Waals surface area contributed by atoms with Crippen LogP contribution in [0.3, 0.4) is 0 Å². The van der Waals surface area contributed by atoms with Crippen LogP contribution in [0.4, 0.5) is 0 Å². The Hall–Kier alpha value is -2.89. The normalized spacial score (nSPS) is 17.8. The summed E-state index contributed by atoms with van der Waals surface area (Å²) in [7, 11) is 0. The third kappa shape index (κ3) is 8.66. The zero-order chi connectivity index (χ0) is 21.1. The van der Waals surface area contributed by atoms with Crippen LogP contribution in [-0.4, -0.2) is 72.5 Å². The summed E-state index contributed by atoms with van der Waals surface area (Å²) in [4.78, 5) is 51.1. The van der Waals surface area contributed by atoms with Gasteiger partial charge in [0.25, 0.3) is 0 Å². The van der Waals surface area contributed by atoms with Crippen LogP contribution in [0.15, 0.2) is 4.99 Å². The standard InChI is InChI=1S/C16H29N7O5/c1-9(15(27)28)22-14(26)11(5-3-7-20-16(17)18)23-12(24)8-21-13(25)10-4-2-6-19-10/h9-11,19H,2-8H2,1H3,(H,21,25)(H,22,26)(H,23,24)(H,27,28)(H4,17,18,20). The lowest BCUT2D eigenvalue weighted by molar-refractivity contribution is -0.141. The SMILES string of the molecule is CC(NC(=O)C(CCCN=C(N)N)NC(=O)CNC(=O)C1CCCN1)C(=O)O. The first-order valence-electron chi connectivity index (χ1n) is 9.09. The molecule has 1 rings (SSSR count). The van der Waals surface area contributed by atoms with Gasteiger partial charge in [0.05, 0.1) is 12.6 Å². The monoisotopic (exact) mass is 399 g/mol. The summed E-state index contributed by atoms with van der Waals surface area (Å²) in [5.74, 6) is -2.77. The minimum atomic E-state index is -1.20. The molecule has 3 atom stereocenters. The molecule has 1 saturated heterocycles. The molecule has 0 radical (unpaired) electrons. The van der Waals surface area contributed by atoms with E-state index in [1.54, 1.807) is 0 Å². The van der Waals surface area contributed by atoms with Crippen molar-refractivity contribution in [2.75, 3.05) is 19.6 Å². The molecule has 158 valence electrons. The van der Waals surface area contributed by atoms with Gasteiger partial charge in [0.15, 0.2) is 5.96 Å². The number of rotatable bonds is 11. The van der Waals surface area contributed by atoms with Gasteiger partial charge in [0.1, 0.15) is 12.1 Å². The fourth-order valence-electron chi connectivity index (χ4n) is 2.59. The molecule has 0 saturated carbocycles. The molecule has 1 fully saturated rings. The molecule has 9 N–H and O–H groups in total. The van der Waals surface area contributed by atoms with Gasteiger partial charge < -0.3 is 37.8 Å². The Kier molecular flexibility index (Phi) is 9.71. The number of carbonyl (C=O) groups excluding carboxylic acids is 3. The number of carboxylic acid groups (broad SMARTS) is 1. The van der Waals surface area contributed by atoms with E-state index in [-0.39, 0.29) is 37.4 Å². The van der Waals surface area contributed by atoms with Crippen molar-refractivity contribution >= 4 is 29.7 Å².